The van der Waals surface area contributed by atoms with Crippen molar-refractivity contribution >= 4 is 32.1 Å². The number of fused-ring (bicyclic) bond motifs is 3. The van der Waals surface area contributed by atoms with E-state index in [1.165, 1.54) is 12.1 Å². The lowest BCUT2D eigenvalue weighted by molar-refractivity contribution is 0.416. The van der Waals surface area contributed by atoms with Crippen LogP contribution in [0.15, 0.2) is 108 Å². The van der Waals surface area contributed by atoms with Crippen molar-refractivity contribution in [2.24, 2.45) is 7.05 Å². The van der Waals surface area contributed by atoms with E-state index >= 15 is 0 Å². The number of para-hydroxylation sites is 1. The van der Waals surface area contributed by atoms with Crippen LogP contribution in [0.3, 0.4) is 0 Å². The number of pyridine rings is 1. The SMILES string of the molecule is COc1cccc(-c2ccccc2)c1-c1cc(OS(=O)(=O)c2ccc(C)cc2)nc2c1c1ccccc1n2C. The second-order valence-corrected chi connectivity index (χ2v) is 10.9. The van der Waals surface area contributed by atoms with E-state index in [0.717, 1.165) is 44.1 Å². The lowest BCUT2D eigenvalue weighted by Crippen LogP contribution is -2.11. The van der Waals surface area contributed by atoms with Gasteiger partial charge in [-0.3, -0.25) is 0 Å². The molecule has 0 atom stereocenters. The van der Waals surface area contributed by atoms with E-state index in [0.29, 0.717) is 11.4 Å². The van der Waals surface area contributed by atoms with Gasteiger partial charge in [-0.2, -0.15) is 13.4 Å². The maximum absolute atomic E-state index is 13.3. The zero-order valence-electron chi connectivity index (χ0n) is 21.8. The highest BCUT2D eigenvalue weighted by Crippen LogP contribution is 2.45. The molecule has 39 heavy (non-hydrogen) atoms. The summed E-state index contributed by atoms with van der Waals surface area (Å²) in [6.45, 7) is 1.90. The average molecular weight is 535 g/mol. The molecule has 194 valence electrons. The van der Waals surface area contributed by atoms with Gasteiger partial charge in [-0.1, -0.05) is 78.4 Å². The molecule has 7 heteroatoms. The quantitative estimate of drug-likeness (QED) is 0.212. The molecule has 0 unspecified atom stereocenters. The van der Waals surface area contributed by atoms with Gasteiger partial charge in [-0.05, 0) is 42.3 Å². The van der Waals surface area contributed by atoms with Crippen LogP contribution in [0, 0.1) is 6.92 Å². The second-order valence-electron chi connectivity index (χ2n) is 9.38. The molecule has 0 radical (unpaired) electrons. The van der Waals surface area contributed by atoms with E-state index in [2.05, 4.69) is 0 Å². The molecule has 6 rings (SSSR count). The first kappa shape index (κ1) is 24.7. The van der Waals surface area contributed by atoms with E-state index in [9.17, 15) is 8.42 Å². The van der Waals surface area contributed by atoms with E-state index in [-0.39, 0.29) is 10.8 Å². The minimum absolute atomic E-state index is 0.0195. The van der Waals surface area contributed by atoms with Crippen molar-refractivity contribution in [1.82, 2.24) is 9.55 Å². The third kappa shape index (κ3) is 4.30. The summed E-state index contributed by atoms with van der Waals surface area (Å²) in [6, 6.07) is 32.2. The molecule has 0 bridgehead atoms. The monoisotopic (exact) mass is 534 g/mol. The van der Waals surface area contributed by atoms with Gasteiger partial charge in [0, 0.05) is 35.0 Å². The summed E-state index contributed by atoms with van der Waals surface area (Å²) >= 11 is 0. The minimum atomic E-state index is -4.12. The number of methoxy groups -OCH3 is 1. The summed E-state index contributed by atoms with van der Waals surface area (Å²) in [7, 11) is -0.572. The number of ether oxygens (including phenoxy) is 1. The Morgan fingerprint density at radius 1 is 0.795 bits per heavy atom. The largest absolute Gasteiger partial charge is 0.496 e. The van der Waals surface area contributed by atoms with Crippen LogP contribution >= 0.6 is 0 Å². The Labute approximate surface area is 227 Å². The van der Waals surface area contributed by atoms with Gasteiger partial charge in [0.25, 0.3) is 0 Å². The third-order valence-electron chi connectivity index (χ3n) is 6.93. The molecule has 4 aromatic carbocycles. The van der Waals surface area contributed by atoms with Crippen LogP contribution in [0.1, 0.15) is 5.56 Å². The van der Waals surface area contributed by atoms with Gasteiger partial charge < -0.3 is 13.5 Å². The maximum atomic E-state index is 13.3. The second kappa shape index (κ2) is 9.60. The molecule has 0 aliphatic heterocycles. The van der Waals surface area contributed by atoms with Crippen molar-refractivity contribution in [3.63, 3.8) is 0 Å². The molecule has 0 fully saturated rings. The van der Waals surface area contributed by atoms with Crippen molar-refractivity contribution in [3.05, 3.63) is 109 Å². The number of hydrogen-bond donors (Lipinski definition) is 0. The molecule has 0 aliphatic rings. The van der Waals surface area contributed by atoms with Crippen LogP contribution < -0.4 is 8.92 Å². The van der Waals surface area contributed by atoms with Crippen LogP contribution in [-0.4, -0.2) is 25.1 Å². The van der Waals surface area contributed by atoms with E-state index < -0.39 is 10.1 Å². The highest BCUT2D eigenvalue weighted by Gasteiger charge is 2.24. The summed E-state index contributed by atoms with van der Waals surface area (Å²) in [5.41, 5.74) is 6.07. The first-order chi connectivity index (χ1) is 18.9. The first-order valence-corrected chi connectivity index (χ1v) is 13.9. The van der Waals surface area contributed by atoms with Crippen LogP contribution in [-0.2, 0) is 17.2 Å². The van der Waals surface area contributed by atoms with Gasteiger partial charge in [-0.15, -0.1) is 0 Å². The zero-order valence-corrected chi connectivity index (χ0v) is 22.6. The van der Waals surface area contributed by atoms with Gasteiger partial charge in [0.15, 0.2) is 0 Å². The summed E-state index contributed by atoms with van der Waals surface area (Å²) in [4.78, 5) is 4.77. The lowest BCUT2D eigenvalue weighted by atomic mass is 9.92. The molecular weight excluding hydrogens is 508 g/mol. The maximum Gasteiger partial charge on any atom is 0.340 e. The van der Waals surface area contributed by atoms with Gasteiger partial charge >= 0.3 is 10.1 Å². The Bertz CT molecular complexity index is 1940. The number of nitrogens with zero attached hydrogens (tertiary/aromatic N) is 2. The molecule has 2 aromatic heterocycles. The van der Waals surface area contributed by atoms with Crippen molar-refractivity contribution in [3.8, 4) is 33.9 Å². The Balaban J connectivity index is 1.67. The minimum Gasteiger partial charge on any atom is -0.496 e. The molecule has 6 nitrogen and oxygen atoms in total. The fourth-order valence-corrected chi connectivity index (χ4v) is 5.93. The Morgan fingerprint density at radius 2 is 1.51 bits per heavy atom. The van der Waals surface area contributed by atoms with E-state index in [4.69, 9.17) is 13.9 Å². The molecule has 0 amide bonds. The Kier molecular flexibility index (Phi) is 6.08. The molecule has 2 heterocycles. The third-order valence-corrected chi connectivity index (χ3v) is 8.17. The van der Waals surface area contributed by atoms with Gasteiger partial charge in [0.2, 0.25) is 5.88 Å². The average Bonchev–Trinajstić information content (AvgIpc) is 3.24. The van der Waals surface area contributed by atoms with Gasteiger partial charge in [0.1, 0.15) is 16.3 Å². The summed E-state index contributed by atoms with van der Waals surface area (Å²) in [6.07, 6.45) is 0. The highest BCUT2D eigenvalue weighted by molar-refractivity contribution is 7.87. The molecule has 0 spiro atoms. The van der Waals surface area contributed by atoms with E-state index in [1.54, 1.807) is 25.3 Å². The predicted octanol–water partition coefficient (Wildman–Crippen LogP) is 7.15. The first-order valence-electron chi connectivity index (χ1n) is 12.5. The Morgan fingerprint density at radius 3 is 2.26 bits per heavy atom. The summed E-state index contributed by atoms with van der Waals surface area (Å²) in [5, 5.41) is 1.88. The number of aromatic nitrogens is 2. The Hall–Kier alpha value is -4.62. The fourth-order valence-electron chi connectivity index (χ4n) is 5.05. The van der Waals surface area contributed by atoms with Crippen LogP contribution in [0.5, 0.6) is 11.6 Å². The van der Waals surface area contributed by atoms with Gasteiger partial charge in [-0.25, -0.2) is 0 Å². The van der Waals surface area contributed by atoms with Crippen molar-refractivity contribution < 1.29 is 17.3 Å². The molecule has 0 N–H and O–H groups in total. The summed E-state index contributed by atoms with van der Waals surface area (Å²) in [5.74, 6) is 0.637. The molecule has 6 aromatic rings. The van der Waals surface area contributed by atoms with Crippen molar-refractivity contribution in [1.29, 1.82) is 0 Å². The predicted molar refractivity (Wildman–Crippen MR) is 155 cm³/mol. The van der Waals surface area contributed by atoms with Crippen LogP contribution in [0.2, 0.25) is 0 Å². The van der Waals surface area contributed by atoms with Crippen LogP contribution in [0.4, 0.5) is 0 Å². The van der Waals surface area contributed by atoms with E-state index in [1.807, 2.05) is 91.3 Å². The highest BCUT2D eigenvalue weighted by atomic mass is 32.2. The standard InChI is InChI=1S/C32H26N2O4S/c1-21-16-18-23(19-17-21)39(35,36)38-29-20-26(31-25-12-7-8-14-27(25)34(2)32(31)33-29)30-24(13-9-15-28(30)37-3)22-10-5-4-6-11-22/h4-20H,1-3H3. The zero-order chi connectivity index (χ0) is 27.1. The molecule has 0 saturated carbocycles. The smallest absolute Gasteiger partial charge is 0.340 e. The summed E-state index contributed by atoms with van der Waals surface area (Å²) < 4.78 is 40.0. The molecular formula is C32H26N2O4S. The fraction of sp³-hybridized carbons (Fsp3) is 0.0938. The van der Waals surface area contributed by atoms with Crippen LogP contribution in [0.25, 0.3) is 44.2 Å². The van der Waals surface area contributed by atoms with Crippen molar-refractivity contribution in [2.75, 3.05) is 7.11 Å². The number of aryl methyl sites for hydroxylation is 2. The normalized spacial score (nSPS) is 11.7. The topological polar surface area (TPSA) is 70.4 Å². The number of hydrogen-bond acceptors (Lipinski definition) is 5. The number of rotatable bonds is 6. The van der Waals surface area contributed by atoms with Gasteiger partial charge in [0.05, 0.1) is 12.6 Å². The molecule has 0 saturated heterocycles. The lowest BCUT2D eigenvalue weighted by Gasteiger charge is -2.17. The van der Waals surface area contributed by atoms with Crippen molar-refractivity contribution in [2.45, 2.75) is 11.8 Å². The molecule has 0 aliphatic carbocycles. The number of benzene rings is 4.